The van der Waals surface area contributed by atoms with Gasteiger partial charge in [-0.3, -0.25) is 0 Å². The molecular weight excluding hydrogens is 361 g/mol. The molecule has 0 radical (unpaired) electrons. The number of ether oxygens (including phenoxy) is 1. The van der Waals surface area contributed by atoms with Crippen molar-refractivity contribution in [3.8, 4) is 5.88 Å². The van der Waals surface area contributed by atoms with E-state index < -0.39 is 11.8 Å². The van der Waals surface area contributed by atoms with Crippen LogP contribution in [0.5, 0.6) is 5.88 Å². The minimum atomic E-state index is -0.459. The van der Waals surface area contributed by atoms with Crippen LogP contribution in [0.1, 0.15) is 12.7 Å². The van der Waals surface area contributed by atoms with Crippen molar-refractivity contribution in [2.45, 2.75) is 13.8 Å². The lowest BCUT2D eigenvalue weighted by Crippen LogP contribution is -2.19. The van der Waals surface area contributed by atoms with Crippen LogP contribution in [0, 0.1) is 12.7 Å². The molecule has 0 unspecified atom stereocenters. The number of carbonyl (C=O) groups is 1. The van der Waals surface area contributed by atoms with E-state index in [4.69, 9.17) is 4.74 Å². The minimum Gasteiger partial charge on any atom is -0.478 e. The number of anilines is 4. The molecule has 0 fully saturated rings. The number of halogens is 1. The van der Waals surface area contributed by atoms with E-state index in [1.165, 1.54) is 18.2 Å². The molecule has 0 aliphatic carbocycles. The van der Waals surface area contributed by atoms with Gasteiger partial charge < -0.3 is 20.7 Å². The highest BCUT2D eigenvalue weighted by Gasteiger charge is 2.05. The molecule has 0 aliphatic rings. The quantitative estimate of drug-likeness (QED) is 0.575. The average Bonchev–Trinajstić information content (AvgIpc) is 2.63. The summed E-state index contributed by atoms with van der Waals surface area (Å²) in [5.41, 5.74) is 1.75. The Morgan fingerprint density at radius 1 is 1.00 bits per heavy atom. The fraction of sp³-hybridized carbons (Fsp3) is 0.150. The third-order valence-electron chi connectivity index (χ3n) is 3.60. The summed E-state index contributed by atoms with van der Waals surface area (Å²) < 4.78 is 18.6. The van der Waals surface area contributed by atoms with Crippen LogP contribution >= 0.6 is 0 Å². The molecule has 8 heteroatoms. The molecule has 144 valence electrons. The van der Waals surface area contributed by atoms with Gasteiger partial charge in [-0.1, -0.05) is 6.07 Å². The Labute approximate surface area is 162 Å². The van der Waals surface area contributed by atoms with Gasteiger partial charge in [0.1, 0.15) is 17.5 Å². The fourth-order valence-electron chi connectivity index (χ4n) is 2.47. The van der Waals surface area contributed by atoms with Crippen LogP contribution in [-0.2, 0) is 0 Å². The van der Waals surface area contributed by atoms with Crippen LogP contribution in [0.2, 0.25) is 0 Å². The van der Waals surface area contributed by atoms with E-state index in [0.717, 1.165) is 5.69 Å². The zero-order valence-electron chi connectivity index (χ0n) is 15.5. The fourth-order valence-corrected chi connectivity index (χ4v) is 2.47. The summed E-state index contributed by atoms with van der Waals surface area (Å²) in [6.07, 6.45) is 0. The third-order valence-corrected chi connectivity index (χ3v) is 3.60. The Morgan fingerprint density at radius 3 is 2.43 bits per heavy atom. The molecule has 3 aromatic rings. The van der Waals surface area contributed by atoms with E-state index in [9.17, 15) is 9.18 Å². The Morgan fingerprint density at radius 2 is 1.71 bits per heavy atom. The zero-order chi connectivity index (χ0) is 19.9. The van der Waals surface area contributed by atoms with Gasteiger partial charge in [0, 0.05) is 23.1 Å². The molecular formula is C20H20FN5O2. The molecule has 0 aliphatic heterocycles. The standard InChI is InChI=1S/C20H20FN5O2/c1-3-28-19-12-18(22-13(2)23-19)24-15-7-9-16(10-8-15)25-20(27)26-17-6-4-5-14(21)11-17/h4-12H,3H2,1-2H3,(H,22,23,24)(H2,25,26,27). The third kappa shape index (κ3) is 5.41. The summed E-state index contributed by atoms with van der Waals surface area (Å²) in [6.45, 7) is 4.20. The Kier molecular flexibility index (Phi) is 6.01. The van der Waals surface area contributed by atoms with Crippen molar-refractivity contribution in [2.75, 3.05) is 22.6 Å². The number of aromatic nitrogens is 2. The molecule has 1 heterocycles. The number of rotatable bonds is 6. The Hall–Kier alpha value is -3.68. The first-order valence-electron chi connectivity index (χ1n) is 8.71. The number of carbonyl (C=O) groups excluding carboxylic acids is 1. The van der Waals surface area contributed by atoms with Crippen molar-refractivity contribution in [2.24, 2.45) is 0 Å². The topological polar surface area (TPSA) is 88.2 Å². The lowest BCUT2D eigenvalue weighted by atomic mass is 10.2. The first-order valence-corrected chi connectivity index (χ1v) is 8.71. The number of nitrogens with zero attached hydrogens (tertiary/aromatic N) is 2. The maximum Gasteiger partial charge on any atom is 0.323 e. The Balaban J connectivity index is 1.61. The molecule has 1 aromatic heterocycles. The van der Waals surface area contributed by atoms with Gasteiger partial charge in [0.2, 0.25) is 5.88 Å². The van der Waals surface area contributed by atoms with Crippen molar-refractivity contribution in [3.63, 3.8) is 0 Å². The molecule has 0 spiro atoms. The summed E-state index contributed by atoms with van der Waals surface area (Å²) in [7, 11) is 0. The molecule has 2 amide bonds. The second kappa shape index (κ2) is 8.81. The van der Waals surface area contributed by atoms with Gasteiger partial charge in [-0.15, -0.1) is 0 Å². The van der Waals surface area contributed by atoms with Gasteiger partial charge in [-0.05, 0) is 56.3 Å². The van der Waals surface area contributed by atoms with Gasteiger partial charge in [0.15, 0.2) is 0 Å². The SMILES string of the molecule is CCOc1cc(Nc2ccc(NC(=O)Nc3cccc(F)c3)cc2)nc(C)n1. The monoisotopic (exact) mass is 381 g/mol. The van der Waals surface area contributed by atoms with Crippen LogP contribution in [0.3, 0.4) is 0 Å². The number of amides is 2. The summed E-state index contributed by atoms with van der Waals surface area (Å²) in [5.74, 6) is 1.30. The normalized spacial score (nSPS) is 10.2. The first-order chi connectivity index (χ1) is 13.5. The van der Waals surface area contributed by atoms with Gasteiger partial charge in [0.05, 0.1) is 6.61 Å². The highest BCUT2D eigenvalue weighted by atomic mass is 19.1. The van der Waals surface area contributed by atoms with E-state index in [1.54, 1.807) is 43.3 Å². The van der Waals surface area contributed by atoms with Crippen molar-refractivity contribution in [1.29, 1.82) is 0 Å². The zero-order valence-corrected chi connectivity index (χ0v) is 15.5. The van der Waals surface area contributed by atoms with Crippen LogP contribution in [0.4, 0.5) is 32.1 Å². The molecule has 2 aromatic carbocycles. The lowest BCUT2D eigenvalue weighted by Gasteiger charge is -2.10. The molecule has 0 saturated heterocycles. The molecule has 0 atom stereocenters. The summed E-state index contributed by atoms with van der Waals surface area (Å²) >= 11 is 0. The van der Waals surface area contributed by atoms with Gasteiger partial charge in [-0.2, -0.15) is 4.98 Å². The first kappa shape index (κ1) is 19.1. The predicted molar refractivity (Wildman–Crippen MR) is 107 cm³/mol. The lowest BCUT2D eigenvalue weighted by molar-refractivity contribution is 0.262. The predicted octanol–water partition coefficient (Wildman–Crippen LogP) is 4.71. The second-order valence-corrected chi connectivity index (χ2v) is 5.86. The molecule has 28 heavy (non-hydrogen) atoms. The average molecular weight is 381 g/mol. The molecule has 3 rings (SSSR count). The van der Waals surface area contributed by atoms with Crippen LogP contribution < -0.4 is 20.7 Å². The Bertz CT molecular complexity index is 963. The van der Waals surface area contributed by atoms with E-state index in [0.29, 0.717) is 35.5 Å². The van der Waals surface area contributed by atoms with Crippen LogP contribution in [0.25, 0.3) is 0 Å². The molecule has 0 bridgehead atoms. The summed E-state index contributed by atoms with van der Waals surface area (Å²) in [5, 5.41) is 8.43. The van der Waals surface area contributed by atoms with Crippen LogP contribution in [0.15, 0.2) is 54.6 Å². The van der Waals surface area contributed by atoms with Gasteiger partial charge in [0.25, 0.3) is 0 Å². The number of nitrogens with one attached hydrogen (secondary N) is 3. The van der Waals surface area contributed by atoms with Crippen LogP contribution in [-0.4, -0.2) is 22.6 Å². The van der Waals surface area contributed by atoms with E-state index >= 15 is 0 Å². The minimum absolute atomic E-state index is 0.375. The number of hydrogen-bond acceptors (Lipinski definition) is 5. The molecule has 0 saturated carbocycles. The smallest absolute Gasteiger partial charge is 0.323 e. The highest BCUT2D eigenvalue weighted by Crippen LogP contribution is 2.20. The van der Waals surface area contributed by atoms with E-state index in [1.807, 2.05) is 6.92 Å². The van der Waals surface area contributed by atoms with Crippen molar-refractivity contribution in [3.05, 3.63) is 66.2 Å². The van der Waals surface area contributed by atoms with E-state index in [-0.39, 0.29) is 0 Å². The van der Waals surface area contributed by atoms with Gasteiger partial charge in [-0.25, -0.2) is 14.2 Å². The number of benzene rings is 2. The largest absolute Gasteiger partial charge is 0.478 e. The summed E-state index contributed by atoms with van der Waals surface area (Å²) in [4.78, 5) is 20.5. The number of aryl methyl sites for hydroxylation is 1. The number of hydrogen-bond donors (Lipinski definition) is 3. The van der Waals surface area contributed by atoms with Gasteiger partial charge >= 0.3 is 6.03 Å². The van der Waals surface area contributed by atoms with Crippen molar-refractivity contribution in [1.82, 2.24) is 9.97 Å². The maximum absolute atomic E-state index is 13.2. The highest BCUT2D eigenvalue weighted by molar-refractivity contribution is 5.99. The number of urea groups is 1. The summed E-state index contributed by atoms with van der Waals surface area (Å²) in [6, 6.07) is 14.0. The van der Waals surface area contributed by atoms with E-state index in [2.05, 4.69) is 25.9 Å². The van der Waals surface area contributed by atoms with Crippen molar-refractivity contribution >= 4 is 28.9 Å². The van der Waals surface area contributed by atoms with Crippen molar-refractivity contribution < 1.29 is 13.9 Å². The maximum atomic E-state index is 13.2. The molecule has 3 N–H and O–H groups in total. The second-order valence-electron chi connectivity index (χ2n) is 5.86. The molecule has 7 nitrogen and oxygen atoms in total.